The number of carbonyl (C=O) groups is 1. The zero-order chi connectivity index (χ0) is 9.56. The Kier molecular flexibility index (Phi) is 5.77. The van der Waals surface area contributed by atoms with Crippen LogP contribution >= 0.6 is 0 Å². The molecule has 0 fully saturated rings. The molecule has 0 aliphatic carbocycles. The van der Waals surface area contributed by atoms with E-state index in [0.717, 1.165) is 12.8 Å². The van der Waals surface area contributed by atoms with Gasteiger partial charge in [0.1, 0.15) is 0 Å². The van der Waals surface area contributed by atoms with Gasteiger partial charge in [-0.25, -0.2) is 0 Å². The topological polar surface area (TPSA) is 26.3 Å². The molecule has 0 saturated carbocycles. The number of esters is 1. The Morgan fingerprint density at radius 3 is 2.17 bits per heavy atom. The van der Waals surface area contributed by atoms with Crippen LogP contribution in [0.1, 0.15) is 40.5 Å². The fourth-order valence-corrected chi connectivity index (χ4v) is 1.34. The van der Waals surface area contributed by atoms with Crippen molar-refractivity contribution >= 4 is 5.97 Å². The fourth-order valence-electron chi connectivity index (χ4n) is 1.34. The van der Waals surface area contributed by atoms with E-state index in [1.807, 2.05) is 13.8 Å². The van der Waals surface area contributed by atoms with Crippen LogP contribution < -0.4 is 0 Å². The van der Waals surface area contributed by atoms with Gasteiger partial charge in [0, 0.05) is 0 Å². The molecule has 0 aromatic rings. The molecule has 0 rings (SSSR count). The lowest BCUT2D eigenvalue weighted by Crippen LogP contribution is -2.23. The van der Waals surface area contributed by atoms with Crippen LogP contribution in [-0.2, 0) is 9.53 Å². The molecule has 12 heavy (non-hydrogen) atoms. The van der Waals surface area contributed by atoms with E-state index >= 15 is 0 Å². The standard InChI is InChI=1S/C10H20O2/c1-5-8(4)9(6-2)10(11)12-7-3/h8-9H,5-7H2,1-4H3. The van der Waals surface area contributed by atoms with Gasteiger partial charge in [0.05, 0.1) is 12.5 Å². The molecule has 0 amide bonds. The van der Waals surface area contributed by atoms with Crippen LogP contribution in [0.5, 0.6) is 0 Å². The Morgan fingerprint density at radius 1 is 1.25 bits per heavy atom. The molecular formula is C10H20O2. The summed E-state index contributed by atoms with van der Waals surface area (Å²) in [6, 6.07) is 0. The maximum atomic E-state index is 11.4. The molecule has 0 N–H and O–H groups in total. The highest BCUT2D eigenvalue weighted by Crippen LogP contribution is 2.19. The Balaban J connectivity index is 4.04. The minimum absolute atomic E-state index is 0.0330. The predicted octanol–water partition coefficient (Wildman–Crippen LogP) is 2.62. The van der Waals surface area contributed by atoms with Crippen molar-refractivity contribution in [2.45, 2.75) is 40.5 Å². The molecule has 0 aromatic heterocycles. The van der Waals surface area contributed by atoms with Gasteiger partial charge in [-0.1, -0.05) is 27.2 Å². The van der Waals surface area contributed by atoms with Crippen molar-refractivity contribution in [2.24, 2.45) is 11.8 Å². The zero-order valence-electron chi connectivity index (χ0n) is 8.59. The summed E-state index contributed by atoms with van der Waals surface area (Å²) in [7, 11) is 0. The number of hydrogen-bond donors (Lipinski definition) is 0. The average molecular weight is 172 g/mol. The summed E-state index contributed by atoms with van der Waals surface area (Å²) in [5, 5.41) is 0. The van der Waals surface area contributed by atoms with Crippen molar-refractivity contribution in [2.75, 3.05) is 6.61 Å². The third kappa shape index (κ3) is 3.24. The first kappa shape index (κ1) is 11.5. The summed E-state index contributed by atoms with van der Waals surface area (Å²) in [4.78, 5) is 11.4. The quantitative estimate of drug-likeness (QED) is 0.596. The zero-order valence-corrected chi connectivity index (χ0v) is 8.59. The molecule has 0 radical (unpaired) electrons. The summed E-state index contributed by atoms with van der Waals surface area (Å²) >= 11 is 0. The number of carbonyl (C=O) groups excluding carboxylic acids is 1. The van der Waals surface area contributed by atoms with E-state index < -0.39 is 0 Å². The van der Waals surface area contributed by atoms with Gasteiger partial charge in [-0.15, -0.1) is 0 Å². The summed E-state index contributed by atoms with van der Waals surface area (Å²) in [6.07, 6.45) is 1.92. The van der Waals surface area contributed by atoms with Crippen molar-refractivity contribution in [1.82, 2.24) is 0 Å². The first-order valence-electron chi connectivity index (χ1n) is 4.83. The molecule has 0 heterocycles. The van der Waals surface area contributed by atoms with Gasteiger partial charge in [0.25, 0.3) is 0 Å². The summed E-state index contributed by atoms with van der Waals surface area (Å²) in [6.45, 7) is 8.58. The van der Waals surface area contributed by atoms with Crippen molar-refractivity contribution < 1.29 is 9.53 Å². The molecule has 2 atom stereocenters. The van der Waals surface area contributed by atoms with Gasteiger partial charge < -0.3 is 4.74 Å². The summed E-state index contributed by atoms with van der Waals surface area (Å²) in [5.74, 6) is 0.498. The molecule has 0 bridgehead atoms. The maximum Gasteiger partial charge on any atom is 0.309 e. The number of hydrogen-bond acceptors (Lipinski definition) is 2. The van der Waals surface area contributed by atoms with E-state index in [1.54, 1.807) is 0 Å². The van der Waals surface area contributed by atoms with E-state index in [0.29, 0.717) is 12.5 Å². The average Bonchev–Trinajstić information content (AvgIpc) is 2.06. The van der Waals surface area contributed by atoms with E-state index in [1.165, 1.54) is 0 Å². The van der Waals surface area contributed by atoms with Crippen LogP contribution in [-0.4, -0.2) is 12.6 Å². The highest BCUT2D eigenvalue weighted by Gasteiger charge is 2.22. The second kappa shape index (κ2) is 6.04. The Labute approximate surface area is 75.3 Å². The SMILES string of the molecule is CCOC(=O)C(CC)C(C)CC. The fraction of sp³-hybridized carbons (Fsp3) is 0.900. The van der Waals surface area contributed by atoms with Crippen LogP contribution in [0.15, 0.2) is 0 Å². The molecule has 72 valence electrons. The van der Waals surface area contributed by atoms with Crippen molar-refractivity contribution in [3.63, 3.8) is 0 Å². The molecule has 2 nitrogen and oxygen atoms in total. The molecule has 0 spiro atoms. The van der Waals surface area contributed by atoms with Gasteiger partial charge >= 0.3 is 5.97 Å². The minimum Gasteiger partial charge on any atom is -0.466 e. The van der Waals surface area contributed by atoms with Crippen molar-refractivity contribution in [3.8, 4) is 0 Å². The smallest absolute Gasteiger partial charge is 0.309 e. The second-order valence-corrected chi connectivity index (χ2v) is 3.15. The lowest BCUT2D eigenvalue weighted by atomic mass is 9.90. The van der Waals surface area contributed by atoms with Crippen molar-refractivity contribution in [3.05, 3.63) is 0 Å². The predicted molar refractivity (Wildman–Crippen MR) is 49.9 cm³/mol. The third-order valence-corrected chi connectivity index (χ3v) is 2.36. The lowest BCUT2D eigenvalue weighted by molar-refractivity contribution is -0.150. The van der Waals surface area contributed by atoms with Crippen LogP contribution in [0.25, 0.3) is 0 Å². The molecule has 2 unspecified atom stereocenters. The van der Waals surface area contributed by atoms with E-state index in [2.05, 4.69) is 13.8 Å². The van der Waals surface area contributed by atoms with Crippen molar-refractivity contribution in [1.29, 1.82) is 0 Å². The molecule has 0 saturated heterocycles. The Hall–Kier alpha value is -0.530. The molecule has 0 aromatic carbocycles. The Bertz CT molecular complexity index is 132. The van der Waals surface area contributed by atoms with E-state index in [9.17, 15) is 4.79 Å². The van der Waals surface area contributed by atoms with Gasteiger partial charge in [-0.3, -0.25) is 4.79 Å². The maximum absolute atomic E-state index is 11.4. The summed E-state index contributed by atoms with van der Waals surface area (Å²) in [5.41, 5.74) is 0. The largest absolute Gasteiger partial charge is 0.466 e. The number of ether oxygens (including phenoxy) is 1. The first-order chi connectivity index (χ1) is 5.67. The van der Waals surface area contributed by atoms with Gasteiger partial charge in [0.2, 0.25) is 0 Å². The monoisotopic (exact) mass is 172 g/mol. The first-order valence-corrected chi connectivity index (χ1v) is 4.83. The van der Waals surface area contributed by atoms with E-state index in [4.69, 9.17) is 4.74 Å². The summed E-state index contributed by atoms with van der Waals surface area (Å²) < 4.78 is 4.98. The van der Waals surface area contributed by atoms with E-state index in [-0.39, 0.29) is 11.9 Å². The normalized spacial score (nSPS) is 15.3. The second-order valence-electron chi connectivity index (χ2n) is 3.15. The molecule has 2 heteroatoms. The van der Waals surface area contributed by atoms with Crippen LogP contribution in [0.2, 0.25) is 0 Å². The highest BCUT2D eigenvalue weighted by molar-refractivity contribution is 5.72. The molecule has 0 aliphatic heterocycles. The van der Waals surface area contributed by atoms with Crippen LogP contribution in [0.4, 0.5) is 0 Å². The van der Waals surface area contributed by atoms with Gasteiger partial charge in [-0.2, -0.15) is 0 Å². The highest BCUT2D eigenvalue weighted by atomic mass is 16.5. The Morgan fingerprint density at radius 2 is 1.83 bits per heavy atom. The molecule has 0 aliphatic rings. The lowest BCUT2D eigenvalue weighted by Gasteiger charge is -2.19. The molecular weight excluding hydrogens is 152 g/mol. The third-order valence-electron chi connectivity index (χ3n) is 2.36. The van der Waals surface area contributed by atoms with Crippen LogP contribution in [0, 0.1) is 11.8 Å². The van der Waals surface area contributed by atoms with Gasteiger partial charge in [0.15, 0.2) is 0 Å². The number of rotatable bonds is 5. The van der Waals surface area contributed by atoms with Crippen LogP contribution in [0.3, 0.4) is 0 Å². The minimum atomic E-state index is -0.0330. The van der Waals surface area contributed by atoms with Gasteiger partial charge in [-0.05, 0) is 19.3 Å².